The third-order valence-corrected chi connectivity index (χ3v) is 12.0. The van der Waals surface area contributed by atoms with Gasteiger partial charge in [0.15, 0.2) is 0 Å². The molecule has 0 spiro atoms. The van der Waals surface area contributed by atoms with E-state index in [0.29, 0.717) is 11.4 Å². The molecule has 7 aromatic carbocycles. The molecular formula is C57H47N4OPt-. The van der Waals surface area contributed by atoms with Gasteiger partial charge in [0.25, 0.3) is 0 Å². The van der Waals surface area contributed by atoms with Gasteiger partial charge in [0.05, 0.1) is 22.3 Å². The molecule has 0 amide bonds. The van der Waals surface area contributed by atoms with Crippen LogP contribution in [-0.2, 0) is 31.9 Å². The van der Waals surface area contributed by atoms with Gasteiger partial charge in [-0.3, -0.25) is 14.5 Å². The number of fused-ring (bicyclic) bond motifs is 5. The first-order valence-electron chi connectivity index (χ1n) is 21.2. The van der Waals surface area contributed by atoms with Crippen molar-refractivity contribution in [3.8, 4) is 67.5 Å². The van der Waals surface area contributed by atoms with E-state index in [2.05, 4.69) is 192 Å². The van der Waals surface area contributed by atoms with E-state index in [4.69, 9.17) is 15.0 Å². The molecule has 0 unspecified atom stereocenters. The summed E-state index contributed by atoms with van der Waals surface area (Å²) in [6.07, 6.45) is 3.78. The Labute approximate surface area is 383 Å². The summed E-state index contributed by atoms with van der Waals surface area (Å²) in [5.41, 5.74) is 13.9. The van der Waals surface area contributed by atoms with Crippen LogP contribution in [-0.4, -0.2) is 24.6 Å². The molecule has 3 heterocycles. The van der Waals surface area contributed by atoms with Gasteiger partial charge in [-0.05, 0) is 86.0 Å². The van der Waals surface area contributed by atoms with Gasteiger partial charge >= 0.3 is 0 Å². The zero-order valence-corrected chi connectivity index (χ0v) is 38.5. The number of rotatable bonds is 6. The molecule has 10 aromatic rings. The van der Waals surface area contributed by atoms with Crippen molar-refractivity contribution in [2.24, 2.45) is 0 Å². The molecule has 0 saturated carbocycles. The molecule has 0 aliphatic carbocycles. The van der Waals surface area contributed by atoms with Gasteiger partial charge in [0.1, 0.15) is 11.6 Å². The van der Waals surface area contributed by atoms with Crippen molar-refractivity contribution in [1.82, 2.24) is 19.5 Å². The molecule has 3 aromatic heterocycles. The van der Waals surface area contributed by atoms with Crippen molar-refractivity contribution >= 4 is 32.7 Å². The van der Waals surface area contributed by atoms with Gasteiger partial charge < -0.3 is 5.11 Å². The first kappa shape index (κ1) is 41.7. The summed E-state index contributed by atoms with van der Waals surface area (Å²) in [7, 11) is 0. The van der Waals surface area contributed by atoms with Gasteiger partial charge in [0, 0.05) is 55.8 Å². The maximum absolute atomic E-state index is 12.5. The Morgan fingerprint density at radius 2 is 1.22 bits per heavy atom. The van der Waals surface area contributed by atoms with E-state index in [1.54, 1.807) is 0 Å². The molecular weight excluding hydrogens is 952 g/mol. The van der Waals surface area contributed by atoms with E-state index in [-0.39, 0.29) is 37.6 Å². The molecule has 0 atom stereocenters. The third-order valence-electron chi connectivity index (χ3n) is 12.0. The number of nitrogens with zero attached hydrogens (tertiary/aromatic N) is 4. The minimum absolute atomic E-state index is 0. The van der Waals surface area contributed by atoms with E-state index in [9.17, 15) is 5.11 Å². The van der Waals surface area contributed by atoms with Crippen molar-refractivity contribution in [3.63, 3.8) is 0 Å². The summed E-state index contributed by atoms with van der Waals surface area (Å²) in [5.74, 6) is 0.881. The molecule has 10 rings (SSSR count). The van der Waals surface area contributed by atoms with Gasteiger partial charge in [-0.1, -0.05) is 162 Å². The van der Waals surface area contributed by atoms with Crippen molar-refractivity contribution in [1.29, 1.82) is 0 Å². The smallest absolute Gasteiger partial charge is 0.148 e. The zero-order valence-electron chi connectivity index (χ0n) is 36.2. The van der Waals surface area contributed by atoms with E-state index in [0.717, 1.165) is 94.2 Å². The van der Waals surface area contributed by atoms with Gasteiger partial charge in [-0.15, -0.1) is 23.6 Å². The van der Waals surface area contributed by atoms with E-state index in [1.807, 2.05) is 30.6 Å². The monoisotopic (exact) mass is 998 g/mol. The summed E-state index contributed by atoms with van der Waals surface area (Å²) < 4.78 is 2.24. The largest absolute Gasteiger partial charge is 0.507 e. The number of phenolic OH excluding ortho intramolecular Hbond substituents is 1. The number of pyridine rings is 2. The van der Waals surface area contributed by atoms with Gasteiger partial charge in [-0.2, -0.15) is 0 Å². The fourth-order valence-corrected chi connectivity index (χ4v) is 8.61. The van der Waals surface area contributed by atoms with Crippen LogP contribution in [0.2, 0.25) is 0 Å². The molecule has 6 heteroatoms. The molecule has 63 heavy (non-hydrogen) atoms. The minimum atomic E-state index is -0.340. The Hall–Kier alpha value is -6.68. The van der Waals surface area contributed by atoms with Crippen LogP contribution in [0.25, 0.3) is 94.4 Å². The van der Waals surface area contributed by atoms with Crippen molar-refractivity contribution < 1.29 is 26.2 Å². The van der Waals surface area contributed by atoms with E-state index in [1.165, 1.54) is 0 Å². The SMILES string of the molecule is CC(C)(C)c1cc(-c2nc3c4c(ccc3n2-c2ccc(-c3ccccc3)cc2-c2ccccc2)ncc2ccc(-c3cc(-c5ccccc5)ccn3)[c-]c24)c(O)c(C(C)(C)C)c1.[Pt]. The van der Waals surface area contributed by atoms with Crippen molar-refractivity contribution in [2.45, 2.75) is 52.4 Å². The molecule has 0 saturated heterocycles. The summed E-state index contributed by atoms with van der Waals surface area (Å²) in [4.78, 5) is 15.5. The number of aromatic hydroxyl groups is 1. The van der Waals surface area contributed by atoms with E-state index < -0.39 is 0 Å². The molecule has 312 valence electrons. The zero-order chi connectivity index (χ0) is 42.8. The average Bonchev–Trinajstić information content (AvgIpc) is 3.68. The van der Waals surface area contributed by atoms with Crippen molar-refractivity contribution in [3.05, 3.63) is 187 Å². The van der Waals surface area contributed by atoms with Gasteiger partial charge in [0.2, 0.25) is 0 Å². The van der Waals surface area contributed by atoms with Crippen LogP contribution in [0.15, 0.2) is 170 Å². The number of benzene rings is 7. The number of hydrogen-bond donors (Lipinski definition) is 1. The predicted molar refractivity (Wildman–Crippen MR) is 257 cm³/mol. The fourth-order valence-electron chi connectivity index (χ4n) is 8.61. The Morgan fingerprint density at radius 1 is 0.571 bits per heavy atom. The van der Waals surface area contributed by atoms with Crippen molar-refractivity contribution in [2.75, 3.05) is 0 Å². The van der Waals surface area contributed by atoms with Crippen LogP contribution in [0.5, 0.6) is 5.75 Å². The second-order valence-electron chi connectivity index (χ2n) is 18.2. The summed E-state index contributed by atoms with van der Waals surface area (Å²) >= 11 is 0. The Kier molecular flexibility index (Phi) is 10.7. The Balaban J connectivity index is 0.00000504. The van der Waals surface area contributed by atoms with Crippen LogP contribution in [0.1, 0.15) is 52.7 Å². The predicted octanol–water partition coefficient (Wildman–Crippen LogP) is 14.6. The van der Waals surface area contributed by atoms with Crippen LogP contribution in [0, 0.1) is 6.07 Å². The van der Waals surface area contributed by atoms with Gasteiger partial charge in [-0.25, -0.2) is 4.98 Å². The normalized spacial score (nSPS) is 11.9. The second kappa shape index (κ2) is 16.2. The van der Waals surface area contributed by atoms with E-state index >= 15 is 0 Å². The van der Waals surface area contributed by atoms with Crippen LogP contribution < -0.4 is 0 Å². The molecule has 0 radical (unpaired) electrons. The Bertz CT molecular complexity index is 3310. The first-order valence-corrected chi connectivity index (χ1v) is 21.2. The number of phenols is 1. The topological polar surface area (TPSA) is 63.8 Å². The fraction of sp³-hybridized carbons (Fsp3) is 0.140. The van der Waals surface area contributed by atoms with Crippen LogP contribution >= 0.6 is 0 Å². The maximum atomic E-state index is 12.5. The maximum Gasteiger partial charge on any atom is 0.148 e. The van der Waals surface area contributed by atoms with Crippen LogP contribution in [0.3, 0.4) is 0 Å². The molecule has 5 nitrogen and oxygen atoms in total. The average molecular weight is 999 g/mol. The van der Waals surface area contributed by atoms with Crippen LogP contribution in [0.4, 0.5) is 0 Å². The molecule has 0 aliphatic rings. The molecule has 0 aliphatic heterocycles. The summed E-state index contributed by atoms with van der Waals surface area (Å²) in [6.45, 7) is 13.1. The number of imidazole rings is 1. The Morgan fingerprint density at radius 3 is 1.87 bits per heavy atom. The molecule has 0 fully saturated rings. The molecule has 0 bridgehead atoms. The number of hydrogen-bond acceptors (Lipinski definition) is 4. The summed E-state index contributed by atoms with van der Waals surface area (Å²) in [5, 5.41) is 15.3. The minimum Gasteiger partial charge on any atom is -0.507 e. The number of aromatic nitrogens is 4. The standard InChI is InChI=1S/C57H47N4O.Pt/c1-56(2,3)43-33-46(54(62)47(34-43)57(4,5)6)55-60-53-51(61(55)50-26-24-39(36-16-10-7-11-17-36)30-44(50)38-20-14-9-15-21-38)27-25-48-52(53)45-31-41(22-23-42(45)35-59-48)49-32-40(28-29-58-49)37-18-12-8-13-19-37;/h7-30,32-35,62H,1-6H3;/q-1;. The summed E-state index contributed by atoms with van der Waals surface area (Å²) in [6, 6.07) is 58.7. The third kappa shape index (κ3) is 7.66. The first-order chi connectivity index (χ1) is 29.9. The molecule has 1 N–H and O–H groups in total. The quantitative estimate of drug-likeness (QED) is 0.133. The second-order valence-corrected chi connectivity index (χ2v) is 18.2.